The molecular weight excluding hydrogens is 280 g/mol. The average molecular weight is 295 g/mol. The number of rotatable bonds is 2. The fourth-order valence-corrected chi connectivity index (χ4v) is 2.74. The number of fused-ring (bicyclic) bond motifs is 1. The molecule has 5 heteroatoms. The molecule has 1 fully saturated rings. The summed E-state index contributed by atoms with van der Waals surface area (Å²) >= 11 is 3.44. The van der Waals surface area contributed by atoms with Gasteiger partial charge in [-0.2, -0.15) is 0 Å². The molecule has 0 aromatic carbocycles. The van der Waals surface area contributed by atoms with Crippen molar-refractivity contribution < 1.29 is 0 Å². The highest BCUT2D eigenvalue weighted by atomic mass is 79.9. The van der Waals surface area contributed by atoms with Gasteiger partial charge in [-0.3, -0.25) is 0 Å². The summed E-state index contributed by atoms with van der Waals surface area (Å²) in [5, 5.41) is 8.03. The number of nitrogens with one attached hydrogen (secondary N) is 1. The molecular formula is C12H15BrN4. The zero-order chi connectivity index (χ0) is 11.7. The average Bonchev–Trinajstić information content (AvgIpc) is 2.73. The van der Waals surface area contributed by atoms with Crippen molar-refractivity contribution in [3.8, 4) is 0 Å². The van der Waals surface area contributed by atoms with Crippen LogP contribution in [0.25, 0.3) is 5.65 Å². The lowest BCUT2D eigenvalue weighted by atomic mass is 9.95. The number of halogens is 1. The molecule has 0 aliphatic heterocycles. The van der Waals surface area contributed by atoms with Crippen LogP contribution in [0.1, 0.15) is 32.1 Å². The summed E-state index contributed by atoms with van der Waals surface area (Å²) in [5.74, 6) is 0.933. The summed E-state index contributed by atoms with van der Waals surface area (Å²) in [6.45, 7) is 0. The first-order valence-corrected chi connectivity index (χ1v) is 6.89. The fraction of sp³-hybridized carbons (Fsp3) is 0.500. The predicted molar refractivity (Wildman–Crippen MR) is 71.2 cm³/mol. The smallest absolute Gasteiger partial charge is 0.154 e. The van der Waals surface area contributed by atoms with Crippen molar-refractivity contribution in [2.45, 2.75) is 38.1 Å². The molecule has 0 spiro atoms. The van der Waals surface area contributed by atoms with Crippen molar-refractivity contribution in [1.29, 1.82) is 0 Å². The molecule has 0 bridgehead atoms. The number of hydrogen-bond acceptors (Lipinski definition) is 3. The number of nitrogens with zero attached hydrogens (tertiary/aromatic N) is 3. The first-order chi connectivity index (χ1) is 8.33. The van der Waals surface area contributed by atoms with Gasteiger partial charge in [0.15, 0.2) is 5.65 Å². The molecule has 0 radical (unpaired) electrons. The molecule has 3 rings (SSSR count). The largest absolute Gasteiger partial charge is 0.366 e. The Kier molecular flexibility index (Phi) is 3.01. The zero-order valence-corrected chi connectivity index (χ0v) is 11.2. The van der Waals surface area contributed by atoms with E-state index in [0.717, 1.165) is 16.1 Å². The van der Waals surface area contributed by atoms with E-state index in [0.29, 0.717) is 6.04 Å². The minimum Gasteiger partial charge on any atom is -0.366 e. The third-order valence-corrected chi connectivity index (χ3v) is 3.82. The quantitative estimate of drug-likeness (QED) is 0.925. The van der Waals surface area contributed by atoms with Crippen LogP contribution in [0, 0.1) is 0 Å². The lowest BCUT2D eigenvalue weighted by Gasteiger charge is -2.23. The number of aromatic nitrogens is 3. The molecule has 0 saturated heterocycles. The Bertz CT molecular complexity index is 516. The fourth-order valence-electron chi connectivity index (χ4n) is 2.38. The van der Waals surface area contributed by atoms with Crippen molar-refractivity contribution >= 4 is 27.4 Å². The van der Waals surface area contributed by atoms with Crippen LogP contribution in [-0.2, 0) is 0 Å². The lowest BCUT2D eigenvalue weighted by Crippen LogP contribution is -2.23. The van der Waals surface area contributed by atoms with E-state index in [-0.39, 0.29) is 0 Å². The number of imidazole rings is 1. The molecule has 0 atom stereocenters. The van der Waals surface area contributed by atoms with Crippen molar-refractivity contribution in [1.82, 2.24) is 14.6 Å². The molecule has 1 saturated carbocycles. The van der Waals surface area contributed by atoms with E-state index in [9.17, 15) is 0 Å². The van der Waals surface area contributed by atoms with Crippen molar-refractivity contribution in [3.63, 3.8) is 0 Å². The minimum absolute atomic E-state index is 0.580. The highest BCUT2D eigenvalue weighted by Crippen LogP contribution is 2.21. The summed E-state index contributed by atoms with van der Waals surface area (Å²) in [6.07, 6.45) is 8.31. The van der Waals surface area contributed by atoms with E-state index in [1.165, 1.54) is 32.1 Å². The van der Waals surface area contributed by atoms with Crippen LogP contribution in [-0.4, -0.2) is 20.6 Å². The standard InChI is InChI=1S/C12H15BrN4/c13-10-8-14-12-7-6-11(16-17(10)12)15-9-4-2-1-3-5-9/h6-9H,1-5H2,(H,15,16). The van der Waals surface area contributed by atoms with Gasteiger partial charge in [0.1, 0.15) is 10.4 Å². The molecule has 2 aromatic heterocycles. The Labute approximate surface area is 109 Å². The molecule has 1 N–H and O–H groups in total. The van der Waals surface area contributed by atoms with E-state index >= 15 is 0 Å². The van der Waals surface area contributed by atoms with Crippen LogP contribution in [0.5, 0.6) is 0 Å². The first-order valence-electron chi connectivity index (χ1n) is 6.10. The highest BCUT2D eigenvalue weighted by molar-refractivity contribution is 9.10. The van der Waals surface area contributed by atoms with Crippen LogP contribution in [0.4, 0.5) is 5.82 Å². The molecule has 1 aliphatic rings. The van der Waals surface area contributed by atoms with E-state index in [1.54, 1.807) is 6.20 Å². The molecule has 1 aliphatic carbocycles. The summed E-state index contributed by atoms with van der Waals surface area (Å²) in [6, 6.07) is 4.57. The maximum absolute atomic E-state index is 4.53. The summed E-state index contributed by atoms with van der Waals surface area (Å²) in [7, 11) is 0. The van der Waals surface area contributed by atoms with Gasteiger partial charge in [0.25, 0.3) is 0 Å². The first kappa shape index (κ1) is 11.0. The second-order valence-electron chi connectivity index (χ2n) is 4.55. The van der Waals surface area contributed by atoms with Crippen molar-refractivity contribution in [3.05, 3.63) is 22.9 Å². The third kappa shape index (κ3) is 2.29. The number of hydrogen-bond donors (Lipinski definition) is 1. The van der Waals surface area contributed by atoms with Gasteiger partial charge in [0.05, 0.1) is 6.20 Å². The maximum Gasteiger partial charge on any atom is 0.154 e. The Hall–Kier alpha value is -1.10. The van der Waals surface area contributed by atoms with Crippen LogP contribution in [0.3, 0.4) is 0 Å². The molecule has 17 heavy (non-hydrogen) atoms. The van der Waals surface area contributed by atoms with E-state index < -0.39 is 0 Å². The van der Waals surface area contributed by atoms with Crippen LogP contribution in [0.2, 0.25) is 0 Å². The normalized spacial score (nSPS) is 17.5. The van der Waals surface area contributed by atoms with Gasteiger partial charge in [-0.05, 0) is 40.9 Å². The number of anilines is 1. The summed E-state index contributed by atoms with van der Waals surface area (Å²) < 4.78 is 2.70. The van der Waals surface area contributed by atoms with Gasteiger partial charge in [0, 0.05) is 6.04 Å². The molecule has 2 aromatic rings. The molecule has 0 amide bonds. The Morgan fingerprint density at radius 2 is 2.06 bits per heavy atom. The Balaban J connectivity index is 1.82. The monoisotopic (exact) mass is 294 g/mol. The highest BCUT2D eigenvalue weighted by Gasteiger charge is 2.13. The summed E-state index contributed by atoms with van der Waals surface area (Å²) in [4.78, 5) is 4.23. The topological polar surface area (TPSA) is 42.2 Å². The Morgan fingerprint density at radius 1 is 1.24 bits per heavy atom. The Morgan fingerprint density at radius 3 is 2.88 bits per heavy atom. The van der Waals surface area contributed by atoms with Crippen LogP contribution in [0.15, 0.2) is 22.9 Å². The second kappa shape index (κ2) is 4.64. The zero-order valence-electron chi connectivity index (χ0n) is 9.56. The molecule has 4 nitrogen and oxygen atoms in total. The van der Waals surface area contributed by atoms with Crippen LogP contribution >= 0.6 is 15.9 Å². The van der Waals surface area contributed by atoms with Gasteiger partial charge in [-0.15, -0.1) is 5.10 Å². The predicted octanol–water partition coefficient (Wildman–Crippen LogP) is 3.24. The van der Waals surface area contributed by atoms with E-state index in [1.807, 2.05) is 16.6 Å². The SMILES string of the molecule is Brc1cnc2ccc(NC3CCCCC3)nn12. The van der Waals surface area contributed by atoms with Gasteiger partial charge >= 0.3 is 0 Å². The molecule has 90 valence electrons. The maximum atomic E-state index is 4.53. The van der Waals surface area contributed by atoms with Crippen molar-refractivity contribution in [2.75, 3.05) is 5.32 Å². The van der Waals surface area contributed by atoms with Crippen LogP contribution < -0.4 is 5.32 Å². The van der Waals surface area contributed by atoms with E-state index in [2.05, 4.69) is 31.3 Å². The van der Waals surface area contributed by atoms with Crippen molar-refractivity contribution in [2.24, 2.45) is 0 Å². The second-order valence-corrected chi connectivity index (χ2v) is 5.36. The summed E-state index contributed by atoms with van der Waals surface area (Å²) in [5.41, 5.74) is 0.867. The lowest BCUT2D eigenvalue weighted by molar-refractivity contribution is 0.461. The molecule has 0 unspecified atom stereocenters. The third-order valence-electron chi connectivity index (χ3n) is 3.28. The molecule has 2 heterocycles. The van der Waals surface area contributed by atoms with Gasteiger partial charge in [-0.1, -0.05) is 19.3 Å². The minimum atomic E-state index is 0.580. The van der Waals surface area contributed by atoms with Gasteiger partial charge < -0.3 is 5.32 Å². The van der Waals surface area contributed by atoms with E-state index in [4.69, 9.17) is 0 Å². The van der Waals surface area contributed by atoms with Gasteiger partial charge in [-0.25, -0.2) is 9.50 Å². The van der Waals surface area contributed by atoms with Gasteiger partial charge in [0.2, 0.25) is 0 Å².